The number of pyridine rings is 1. The van der Waals surface area contributed by atoms with E-state index in [4.69, 9.17) is 17.2 Å². The van der Waals surface area contributed by atoms with Crippen LogP contribution in [0.2, 0.25) is 0 Å². The number of unbranched alkanes of at least 4 members (excludes halogenated alkanes) is 2. The second kappa shape index (κ2) is 9.80. The molecule has 2 aromatic heterocycles. The van der Waals surface area contributed by atoms with Gasteiger partial charge in [0.15, 0.2) is 0 Å². The number of rotatable bonds is 7. The summed E-state index contributed by atoms with van der Waals surface area (Å²) in [4.78, 5) is 34.1. The van der Waals surface area contributed by atoms with Crippen molar-refractivity contribution in [2.45, 2.75) is 36.1 Å². The van der Waals surface area contributed by atoms with Crippen molar-refractivity contribution in [3.63, 3.8) is 0 Å². The monoisotopic (exact) mass is 467 g/mol. The minimum Gasteiger partial charge on any atom is -0.293 e. The molecule has 0 radical (unpaired) electrons. The van der Waals surface area contributed by atoms with E-state index < -0.39 is 0 Å². The number of nitrogens with zero attached hydrogens (tertiary/aromatic N) is 3. The highest BCUT2D eigenvalue weighted by Gasteiger charge is 2.32. The van der Waals surface area contributed by atoms with Crippen LogP contribution in [0.25, 0.3) is 11.7 Å². The van der Waals surface area contributed by atoms with Gasteiger partial charge in [-0.05, 0) is 36.8 Å². The second-order valence-electron chi connectivity index (χ2n) is 7.02. The SMILES string of the molecule is CCCCCN1C(=O)/C(=C/c2c(Sc3ccccc3)nc3ccccn3c2=O)SC1=S. The zero-order valence-corrected chi connectivity index (χ0v) is 19.4. The summed E-state index contributed by atoms with van der Waals surface area (Å²) in [6.45, 7) is 2.73. The summed E-state index contributed by atoms with van der Waals surface area (Å²) >= 11 is 8.09. The zero-order valence-electron chi connectivity index (χ0n) is 17.0. The van der Waals surface area contributed by atoms with E-state index in [-0.39, 0.29) is 11.5 Å². The molecule has 5 nitrogen and oxygen atoms in total. The van der Waals surface area contributed by atoms with Crippen LogP contribution in [-0.2, 0) is 4.79 Å². The molecule has 158 valence electrons. The number of aromatic nitrogens is 2. The Morgan fingerprint density at radius 1 is 1.10 bits per heavy atom. The molecule has 0 N–H and O–H groups in total. The highest BCUT2D eigenvalue weighted by molar-refractivity contribution is 8.26. The van der Waals surface area contributed by atoms with Crippen LogP contribution < -0.4 is 5.56 Å². The second-order valence-corrected chi connectivity index (χ2v) is 9.76. The molecule has 31 heavy (non-hydrogen) atoms. The number of benzene rings is 1. The number of hydrogen-bond acceptors (Lipinski definition) is 6. The van der Waals surface area contributed by atoms with Crippen LogP contribution in [0.5, 0.6) is 0 Å². The van der Waals surface area contributed by atoms with Crippen molar-refractivity contribution < 1.29 is 4.79 Å². The van der Waals surface area contributed by atoms with E-state index in [1.807, 2.05) is 36.4 Å². The van der Waals surface area contributed by atoms with Crippen LogP contribution in [0.1, 0.15) is 31.7 Å². The highest BCUT2D eigenvalue weighted by Crippen LogP contribution is 2.35. The van der Waals surface area contributed by atoms with Crippen LogP contribution in [0.15, 0.2) is 74.3 Å². The standard InChI is InChI=1S/C23H21N3O2S3/c1-2-3-8-14-26-22(28)18(31-23(26)29)15-17-20(30-16-10-5-4-6-11-16)24-19-12-7-9-13-25(19)21(17)27/h4-7,9-13,15H,2-3,8,14H2,1H3/b18-15-. The van der Waals surface area contributed by atoms with Gasteiger partial charge in [-0.15, -0.1) is 0 Å². The Kier molecular flexibility index (Phi) is 6.89. The molecule has 0 aliphatic carbocycles. The summed E-state index contributed by atoms with van der Waals surface area (Å²) in [6, 6.07) is 15.2. The number of hydrogen-bond donors (Lipinski definition) is 0. The molecule has 1 aromatic carbocycles. The van der Waals surface area contributed by atoms with Gasteiger partial charge in [-0.25, -0.2) is 4.98 Å². The van der Waals surface area contributed by atoms with Gasteiger partial charge in [-0.3, -0.25) is 18.9 Å². The topological polar surface area (TPSA) is 54.7 Å². The molecule has 1 amide bonds. The van der Waals surface area contributed by atoms with Crippen LogP contribution in [0.4, 0.5) is 0 Å². The number of carbonyl (C=O) groups excluding carboxylic acids is 1. The van der Waals surface area contributed by atoms with E-state index in [0.29, 0.717) is 32.0 Å². The van der Waals surface area contributed by atoms with Crippen molar-refractivity contribution in [2.75, 3.05) is 6.54 Å². The maximum atomic E-state index is 13.3. The Morgan fingerprint density at radius 3 is 2.65 bits per heavy atom. The first-order valence-electron chi connectivity index (χ1n) is 10.1. The lowest BCUT2D eigenvalue weighted by Crippen LogP contribution is -2.29. The van der Waals surface area contributed by atoms with Gasteiger partial charge < -0.3 is 0 Å². The molecule has 1 saturated heterocycles. The Balaban J connectivity index is 1.76. The first-order chi connectivity index (χ1) is 15.1. The van der Waals surface area contributed by atoms with Gasteiger partial charge in [0.1, 0.15) is 15.0 Å². The summed E-state index contributed by atoms with van der Waals surface area (Å²) in [5.74, 6) is -0.140. The van der Waals surface area contributed by atoms with Crippen molar-refractivity contribution in [1.29, 1.82) is 0 Å². The summed E-state index contributed by atoms with van der Waals surface area (Å²) in [5.41, 5.74) is 0.752. The van der Waals surface area contributed by atoms with Gasteiger partial charge in [-0.1, -0.05) is 79.8 Å². The van der Waals surface area contributed by atoms with Crippen LogP contribution in [-0.4, -0.2) is 31.1 Å². The third-order valence-electron chi connectivity index (χ3n) is 4.83. The Hall–Kier alpha value is -2.42. The largest absolute Gasteiger partial charge is 0.293 e. The third kappa shape index (κ3) is 4.76. The van der Waals surface area contributed by atoms with E-state index in [0.717, 1.165) is 24.2 Å². The summed E-state index contributed by atoms with van der Waals surface area (Å²) in [7, 11) is 0. The maximum absolute atomic E-state index is 13.3. The first-order valence-corrected chi connectivity index (χ1v) is 12.1. The van der Waals surface area contributed by atoms with Gasteiger partial charge in [-0.2, -0.15) is 0 Å². The van der Waals surface area contributed by atoms with Crippen molar-refractivity contribution in [3.8, 4) is 0 Å². The Morgan fingerprint density at radius 2 is 1.87 bits per heavy atom. The number of carbonyl (C=O) groups is 1. The maximum Gasteiger partial charge on any atom is 0.266 e. The predicted octanol–water partition coefficient (Wildman–Crippen LogP) is 5.24. The van der Waals surface area contributed by atoms with E-state index in [9.17, 15) is 9.59 Å². The van der Waals surface area contributed by atoms with Crippen molar-refractivity contribution >= 4 is 57.7 Å². The van der Waals surface area contributed by atoms with Gasteiger partial charge >= 0.3 is 0 Å². The molecular weight excluding hydrogens is 446 g/mol. The fourth-order valence-electron chi connectivity index (χ4n) is 3.23. The Bertz CT molecular complexity index is 1220. The van der Waals surface area contributed by atoms with Crippen molar-refractivity contribution in [2.24, 2.45) is 0 Å². The van der Waals surface area contributed by atoms with Gasteiger partial charge in [0.05, 0.1) is 10.5 Å². The fourth-order valence-corrected chi connectivity index (χ4v) is 5.43. The zero-order chi connectivity index (χ0) is 21.8. The molecule has 0 spiro atoms. The quantitative estimate of drug-likeness (QED) is 0.205. The molecule has 1 aliphatic rings. The smallest absolute Gasteiger partial charge is 0.266 e. The van der Waals surface area contributed by atoms with Crippen LogP contribution in [0.3, 0.4) is 0 Å². The predicted molar refractivity (Wildman–Crippen MR) is 131 cm³/mol. The third-order valence-corrected chi connectivity index (χ3v) is 7.22. The fraction of sp³-hybridized carbons (Fsp3) is 0.217. The number of thiocarbonyl (C=S) groups is 1. The van der Waals surface area contributed by atoms with Crippen molar-refractivity contribution in [1.82, 2.24) is 14.3 Å². The highest BCUT2D eigenvalue weighted by atomic mass is 32.2. The van der Waals surface area contributed by atoms with E-state index in [2.05, 4.69) is 6.92 Å². The van der Waals surface area contributed by atoms with Gasteiger partial charge in [0, 0.05) is 17.6 Å². The number of amides is 1. The summed E-state index contributed by atoms with van der Waals surface area (Å²) < 4.78 is 2.04. The molecule has 0 unspecified atom stereocenters. The molecule has 3 aromatic rings. The first kappa shape index (κ1) is 21.8. The Labute approximate surface area is 194 Å². The summed E-state index contributed by atoms with van der Waals surface area (Å²) in [6.07, 6.45) is 6.37. The average molecular weight is 468 g/mol. The molecule has 0 saturated carbocycles. The molecule has 0 bridgehead atoms. The van der Waals surface area contributed by atoms with Gasteiger partial charge in [0.2, 0.25) is 0 Å². The van der Waals surface area contributed by atoms with Crippen LogP contribution in [0, 0.1) is 0 Å². The minimum absolute atomic E-state index is 0.140. The molecule has 4 rings (SSSR count). The molecule has 3 heterocycles. The summed E-state index contributed by atoms with van der Waals surface area (Å²) in [5, 5.41) is 0.568. The number of fused-ring (bicyclic) bond motifs is 1. The van der Waals surface area contributed by atoms with Crippen LogP contribution >= 0.6 is 35.7 Å². The molecular formula is C23H21N3O2S3. The molecule has 1 aliphatic heterocycles. The average Bonchev–Trinajstić information content (AvgIpc) is 3.04. The van der Waals surface area contributed by atoms with E-state index in [1.54, 1.807) is 29.3 Å². The molecule has 8 heteroatoms. The van der Waals surface area contributed by atoms with E-state index in [1.165, 1.54) is 27.9 Å². The molecule has 0 atom stereocenters. The lowest BCUT2D eigenvalue weighted by atomic mass is 10.2. The van der Waals surface area contributed by atoms with Crippen molar-refractivity contribution in [3.05, 3.63) is 75.6 Å². The lowest BCUT2D eigenvalue weighted by molar-refractivity contribution is -0.122. The van der Waals surface area contributed by atoms with E-state index >= 15 is 0 Å². The molecule has 1 fully saturated rings. The normalized spacial score (nSPS) is 15.4. The lowest BCUT2D eigenvalue weighted by Gasteiger charge is -2.13. The van der Waals surface area contributed by atoms with Gasteiger partial charge in [0.25, 0.3) is 11.5 Å². The minimum atomic E-state index is -0.208. The number of thioether (sulfide) groups is 1.